The number of hydrogen-bond acceptors (Lipinski definition) is 5. The molecule has 4 N–H and O–H groups in total. The van der Waals surface area contributed by atoms with E-state index in [1.165, 1.54) is 16.2 Å². The number of fused-ring (bicyclic) bond motifs is 1. The molecule has 1 aliphatic heterocycles. The van der Waals surface area contributed by atoms with Crippen molar-refractivity contribution < 1.29 is 9.59 Å². The average molecular weight is 317 g/mol. The normalized spacial score (nSPS) is 24.6. The lowest BCUT2D eigenvalue weighted by Crippen LogP contribution is -2.37. The minimum absolute atomic E-state index is 0. The van der Waals surface area contributed by atoms with E-state index in [9.17, 15) is 9.59 Å². The standard InChI is InChI=1S/C12H16N4O2S.ClH/c13-6-1-2-7-9(5-6)19-12(15-7)16-11(18)8-3-4-10(17)14-8;/h6,8H,1-5,13H2,(H,14,17)(H,15,16,18);1H/t6-,8?;/m0./s1. The molecule has 20 heavy (non-hydrogen) atoms. The smallest absolute Gasteiger partial charge is 0.248 e. The van der Waals surface area contributed by atoms with Crippen molar-refractivity contribution in [1.82, 2.24) is 10.3 Å². The minimum Gasteiger partial charge on any atom is -0.344 e. The van der Waals surface area contributed by atoms with Crippen molar-refractivity contribution in [1.29, 1.82) is 0 Å². The van der Waals surface area contributed by atoms with Gasteiger partial charge in [0, 0.05) is 17.3 Å². The molecule has 1 aromatic rings. The molecule has 110 valence electrons. The Labute approximate surface area is 126 Å². The molecule has 0 radical (unpaired) electrons. The van der Waals surface area contributed by atoms with E-state index in [2.05, 4.69) is 15.6 Å². The molecule has 1 unspecified atom stereocenters. The van der Waals surface area contributed by atoms with E-state index in [-0.39, 0.29) is 30.3 Å². The summed E-state index contributed by atoms with van der Waals surface area (Å²) in [6.07, 6.45) is 3.64. The Morgan fingerprint density at radius 3 is 2.90 bits per heavy atom. The highest BCUT2D eigenvalue weighted by Crippen LogP contribution is 2.29. The van der Waals surface area contributed by atoms with E-state index in [0.717, 1.165) is 25.0 Å². The van der Waals surface area contributed by atoms with Crippen LogP contribution in [0.15, 0.2) is 0 Å². The van der Waals surface area contributed by atoms with Gasteiger partial charge in [-0.15, -0.1) is 23.7 Å². The Hall–Kier alpha value is -1.18. The molecule has 1 aromatic heterocycles. The van der Waals surface area contributed by atoms with Gasteiger partial charge < -0.3 is 16.4 Å². The van der Waals surface area contributed by atoms with Gasteiger partial charge in [-0.3, -0.25) is 9.59 Å². The molecule has 0 bridgehead atoms. The molecule has 3 rings (SSSR count). The number of nitrogens with one attached hydrogen (secondary N) is 2. The zero-order valence-electron chi connectivity index (χ0n) is 10.8. The van der Waals surface area contributed by atoms with Crippen molar-refractivity contribution >= 4 is 40.7 Å². The summed E-state index contributed by atoms with van der Waals surface area (Å²) in [6, 6.07) is -0.221. The predicted molar refractivity (Wildman–Crippen MR) is 79.2 cm³/mol. The topological polar surface area (TPSA) is 97.1 Å². The molecule has 1 saturated heterocycles. The van der Waals surface area contributed by atoms with Crippen LogP contribution in [0.3, 0.4) is 0 Å². The first kappa shape index (κ1) is 15.2. The molecule has 0 spiro atoms. The Balaban J connectivity index is 0.00000147. The van der Waals surface area contributed by atoms with Crippen LogP contribution in [0.1, 0.15) is 29.8 Å². The van der Waals surface area contributed by atoms with Crippen molar-refractivity contribution in [2.45, 2.75) is 44.2 Å². The third-order valence-electron chi connectivity index (χ3n) is 3.52. The summed E-state index contributed by atoms with van der Waals surface area (Å²) in [6.45, 7) is 0. The van der Waals surface area contributed by atoms with Crippen LogP contribution in [0, 0.1) is 0 Å². The fraction of sp³-hybridized carbons (Fsp3) is 0.583. The van der Waals surface area contributed by atoms with E-state index in [1.54, 1.807) is 0 Å². The molecule has 2 atom stereocenters. The van der Waals surface area contributed by atoms with Crippen molar-refractivity contribution in [3.05, 3.63) is 10.6 Å². The summed E-state index contributed by atoms with van der Waals surface area (Å²) in [5.74, 6) is -0.245. The first-order valence-corrected chi connectivity index (χ1v) is 7.28. The molecule has 2 amide bonds. The summed E-state index contributed by atoms with van der Waals surface area (Å²) in [4.78, 5) is 28.6. The molecule has 6 nitrogen and oxygen atoms in total. The number of halogens is 1. The number of carbonyl (C=O) groups is 2. The second-order valence-electron chi connectivity index (χ2n) is 5.04. The SMILES string of the molecule is Cl.N[C@H]1CCc2nc(NC(=O)C3CCC(=O)N3)sc2C1. The summed E-state index contributed by atoms with van der Waals surface area (Å²) >= 11 is 1.49. The van der Waals surface area contributed by atoms with Crippen molar-refractivity contribution in [3.63, 3.8) is 0 Å². The highest BCUT2D eigenvalue weighted by Gasteiger charge is 2.28. The van der Waals surface area contributed by atoms with Gasteiger partial charge in [-0.1, -0.05) is 0 Å². The molecule has 2 heterocycles. The number of carbonyl (C=O) groups excluding carboxylic acids is 2. The van der Waals surface area contributed by atoms with Crippen LogP contribution in [0.2, 0.25) is 0 Å². The molecule has 1 fully saturated rings. The molecule has 0 saturated carbocycles. The zero-order chi connectivity index (χ0) is 13.4. The number of aryl methyl sites for hydroxylation is 1. The maximum Gasteiger partial charge on any atom is 0.248 e. The Kier molecular flexibility index (Phi) is 4.62. The van der Waals surface area contributed by atoms with Crippen LogP contribution < -0.4 is 16.4 Å². The third-order valence-corrected chi connectivity index (χ3v) is 4.56. The highest BCUT2D eigenvalue weighted by molar-refractivity contribution is 7.15. The number of nitrogens with zero attached hydrogens (tertiary/aromatic N) is 1. The van der Waals surface area contributed by atoms with Gasteiger partial charge in [0.1, 0.15) is 6.04 Å². The number of aromatic nitrogens is 1. The summed E-state index contributed by atoms with van der Waals surface area (Å²) < 4.78 is 0. The molecule has 1 aliphatic carbocycles. The first-order chi connectivity index (χ1) is 9.11. The van der Waals surface area contributed by atoms with Crippen molar-refractivity contribution in [2.75, 3.05) is 5.32 Å². The number of thiazole rings is 1. The van der Waals surface area contributed by atoms with E-state index in [0.29, 0.717) is 18.0 Å². The lowest BCUT2D eigenvalue weighted by molar-refractivity contribution is -0.122. The molecule has 0 aromatic carbocycles. The fourth-order valence-electron chi connectivity index (χ4n) is 2.46. The van der Waals surface area contributed by atoms with E-state index < -0.39 is 6.04 Å². The zero-order valence-corrected chi connectivity index (χ0v) is 12.5. The quantitative estimate of drug-likeness (QED) is 0.744. The van der Waals surface area contributed by atoms with Gasteiger partial charge in [0.05, 0.1) is 5.69 Å². The van der Waals surface area contributed by atoms with Gasteiger partial charge in [0.25, 0.3) is 0 Å². The average Bonchev–Trinajstić information content (AvgIpc) is 2.94. The second-order valence-corrected chi connectivity index (χ2v) is 6.12. The minimum atomic E-state index is -0.421. The predicted octanol–water partition coefficient (Wildman–Crippen LogP) is 0.598. The van der Waals surface area contributed by atoms with E-state index in [4.69, 9.17) is 5.73 Å². The van der Waals surface area contributed by atoms with Crippen LogP contribution in [0.4, 0.5) is 5.13 Å². The van der Waals surface area contributed by atoms with Gasteiger partial charge in [-0.05, 0) is 25.7 Å². The lowest BCUT2D eigenvalue weighted by atomic mass is 9.99. The Bertz CT molecular complexity index is 534. The van der Waals surface area contributed by atoms with Gasteiger partial charge in [-0.2, -0.15) is 0 Å². The monoisotopic (exact) mass is 316 g/mol. The molecule has 2 aliphatic rings. The number of rotatable bonds is 2. The maximum absolute atomic E-state index is 12.0. The Morgan fingerprint density at radius 2 is 2.20 bits per heavy atom. The second kappa shape index (κ2) is 6.07. The van der Waals surface area contributed by atoms with E-state index in [1.807, 2.05) is 0 Å². The summed E-state index contributed by atoms with van der Waals surface area (Å²) in [5.41, 5.74) is 6.97. The van der Waals surface area contributed by atoms with Crippen LogP contribution >= 0.6 is 23.7 Å². The first-order valence-electron chi connectivity index (χ1n) is 6.46. The van der Waals surface area contributed by atoms with Crippen molar-refractivity contribution in [2.24, 2.45) is 5.73 Å². The molecular formula is C12H17ClN4O2S. The fourth-order valence-corrected chi connectivity index (χ4v) is 3.56. The largest absolute Gasteiger partial charge is 0.344 e. The van der Waals surface area contributed by atoms with Crippen LogP contribution in [-0.2, 0) is 22.4 Å². The van der Waals surface area contributed by atoms with E-state index >= 15 is 0 Å². The summed E-state index contributed by atoms with van der Waals surface area (Å²) in [7, 11) is 0. The molecule has 8 heteroatoms. The van der Waals surface area contributed by atoms with Gasteiger partial charge in [0.2, 0.25) is 11.8 Å². The van der Waals surface area contributed by atoms with Gasteiger partial charge in [0.15, 0.2) is 5.13 Å². The number of anilines is 1. The van der Waals surface area contributed by atoms with Crippen LogP contribution in [0.5, 0.6) is 0 Å². The number of nitrogens with two attached hydrogens (primary N) is 1. The van der Waals surface area contributed by atoms with Gasteiger partial charge >= 0.3 is 0 Å². The van der Waals surface area contributed by atoms with Gasteiger partial charge in [-0.25, -0.2) is 4.98 Å². The lowest BCUT2D eigenvalue weighted by Gasteiger charge is -2.15. The van der Waals surface area contributed by atoms with Crippen molar-refractivity contribution in [3.8, 4) is 0 Å². The van der Waals surface area contributed by atoms with Crippen LogP contribution in [-0.4, -0.2) is 28.9 Å². The summed E-state index contributed by atoms with van der Waals surface area (Å²) in [5, 5.41) is 6.05. The Morgan fingerprint density at radius 1 is 1.40 bits per heavy atom. The number of amides is 2. The third kappa shape index (κ3) is 3.11. The number of hydrogen-bond donors (Lipinski definition) is 3. The molecular weight excluding hydrogens is 300 g/mol. The van der Waals surface area contributed by atoms with Crippen LogP contribution in [0.25, 0.3) is 0 Å². The highest BCUT2D eigenvalue weighted by atomic mass is 35.5. The maximum atomic E-state index is 12.0.